The van der Waals surface area contributed by atoms with Crippen LogP contribution in [0.4, 0.5) is 8.78 Å². The van der Waals surface area contributed by atoms with E-state index in [1.807, 2.05) is 0 Å². The van der Waals surface area contributed by atoms with Gasteiger partial charge in [0.05, 0.1) is 0 Å². The van der Waals surface area contributed by atoms with Gasteiger partial charge < -0.3 is 10.1 Å². The fraction of sp³-hybridized carbons (Fsp3) is 0.500. The Morgan fingerprint density at radius 3 is 2.61 bits per heavy atom. The largest absolute Gasteiger partial charge is 0.475 e. The maximum Gasteiger partial charge on any atom is 0.251 e. The topological polar surface area (TPSA) is 38.3 Å². The number of amides is 1. The van der Waals surface area contributed by atoms with E-state index < -0.39 is 23.3 Å². The van der Waals surface area contributed by atoms with Crippen LogP contribution in [0.1, 0.15) is 43.0 Å². The van der Waals surface area contributed by atoms with E-state index >= 15 is 0 Å². The van der Waals surface area contributed by atoms with E-state index in [1.54, 1.807) is 0 Å². The first-order valence-electron chi connectivity index (χ1n) is 7.86. The number of terminal acetylenes is 1. The lowest BCUT2D eigenvalue weighted by atomic mass is 9.80. The molecule has 0 aromatic heterocycles. The number of hydrogen-bond donors (Lipinski definition) is 1. The minimum absolute atomic E-state index is 0.0588. The summed E-state index contributed by atoms with van der Waals surface area (Å²) in [6.07, 6.45) is 9.61. The Morgan fingerprint density at radius 1 is 1.35 bits per heavy atom. The first-order chi connectivity index (χ1) is 11.0. The third-order valence-electron chi connectivity index (χ3n) is 4.37. The number of ether oxygens (including phenoxy) is 1. The Kier molecular flexibility index (Phi) is 5.97. The molecule has 1 aliphatic rings. The van der Waals surface area contributed by atoms with Gasteiger partial charge in [0.1, 0.15) is 6.61 Å². The summed E-state index contributed by atoms with van der Waals surface area (Å²) in [5, 5.41) is 2.77. The fourth-order valence-electron chi connectivity index (χ4n) is 2.96. The highest BCUT2D eigenvalue weighted by Gasteiger charge is 2.22. The summed E-state index contributed by atoms with van der Waals surface area (Å²) in [6.45, 7) is 2.46. The highest BCUT2D eigenvalue weighted by atomic mass is 19.1. The van der Waals surface area contributed by atoms with Crippen LogP contribution in [-0.4, -0.2) is 19.1 Å². The molecule has 2 unspecified atom stereocenters. The monoisotopic (exact) mass is 321 g/mol. The molecule has 2 atom stereocenters. The molecule has 1 aliphatic carbocycles. The summed E-state index contributed by atoms with van der Waals surface area (Å²) in [6, 6.07) is 1.93. The van der Waals surface area contributed by atoms with Crippen molar-refractivity contribution < 1.29 is 18.3 Å². The van der Waals surface area contributed by atoms with Crippen LogP contribution in [0.15, 0.2) is 12.1 Å². The minimum Gasteiger partial charge on any atom is -0.475 e. The van der Waals surface area contributed by atoms with Crippen molar-refractivity contribution in [2.45, 2.75) is 32.6 Å². The van der Waals surface area contributed by atoms with Crippen LogP contribution in [0, 0.1) is 35.8 Å². The van der Waals surface area contributed by atoms with Gasteiger partial charge in [-0.1, -0.05) is 32.1 Å². The van der Waals surface area contributed by atoms with E-state index in [1.165, 1.54) is 6.42 Å². The Morgan fingerprint density at radius 2 is 2.00 bits per heavy atom. The second kappa shape index (κ2) is 7.96. The summed E-state index contributed by atoms with van der Waals surface area (Å²) in [5.74, 6) is 0.199. The van der Waals surface area contributed by atoms with Crippen molar-refractivity contribution in [1.29, 1.82) is 0 Å². The minimum atomic E-state index is -0.934. The van der Waals surface area contributed by atoms with Crippen LogP contribution in [0.5, 0.6) is 5.75 Å². The molecule has 5 heteroatoms. The maximum absolute atomic E-state index is 13.8. The summed E-state index contributed by atoms with van der Waals surface area (Å²) < 4.78 is 32.5. The zero-order chi connectivity index (χ0) is 16.8. The zero-order valence-electron chi connectivity index (χ0n) is 13.2. The van der Waals surface area contributed by atoms with Gasteiger partial charge in [-0.15, -0.1) is 6.42 Å². The number of hydrogen-bond acceptors (Lipinski definition) is 2. The van der Waals surface area contributed by atoms with Crippen LogP contribution in [0.25, 0.3) is 0 Å². The molecule has 1 aromatic carbocycles. The molecular formula is C18H21F2NO2. The van der Waals surface area contributed by atoms with Gasteiger partial charge in [0.25, 0.3) is 5.91 Å². The third-order valence-corrected chi connectivity index (χ3v) is 4.37. The Balaban J connectivity index is 2.00. The first-order valence-corrected chi connectivity index (χ1v) is 7.86. The lowest BCUT2D eigenvalue weighted by Gasteiger charge is -2.28. The van der Waals surface area contributed by atoms with Crippen molar-refractivity contribution >= 4 is 5.91 Å². The second-order valence-corrected chi connectivity index (χ2v) is 5.99. The van der Waals surface area contributed by atoms with Crippen LogP contribution >= 0.6 is 0 Å². The van der Waals surface area contributed by atoms with Gasteiger partial charge in [0.2, 0.25) is 0 Å². The molecule has 1 amide bonds. The predicted molar refractivity (Wildman–Crippen MR) is 84.1 cm³/mol. The van der Waals surface area contributed by atoms with Gasteiger partial charge in [0.15, 0.2) is 17.4 Å². The molecule has 0 heterocycles. The van der Waals surface area contributed by atoms with Gasteiger partial charge in [0, 0.05) is 12.1 Å². The molecule has 0 spiro atoms. The van der Waals surface area contributed by atoms with E-state index in [4.69, 9.17) is 11.2 Å². The van der Waals surface area contributed by atoms with Crippen LogP contribution in [0.2, 0.25) is 0 Å². The molecule has 1 N–H and O–H groups in total. The zero-order valence-corrected chi connectivity index (χ0v) is 13.2. The fourth-order valence-corrected chi connectivity index (χ4v) is 2.96. The predicted octanol–water partition coefficient (Wildman–Crippen LogP) is 3.53. The number of halogens is 2. The molecule has 0 bridgehead atoms. The molecule has 2 rings (SSSR count). The standard InChI is InChI=1S/C18H21F2NO2/c1-3-8-23-17-15(19)9-14(10-16(17)20)18(22)21-11-13-7-5-4-6-12(13)2/h1,9-10,12-13H,4-8,11H2,2H3,(H,21,22). The summed E-state index contributed by atoms with van der Waals surface area (Å²) in [5.41, 5.74) is -0.0588. The summed E-state index contributed by atoms with van der Waals surface area (Å²) >= 11 is 0. The quantitative estimate of drug-likeness (QED) is 0.843. The average molecular weight is 321 g/mol. The van der Waals surface area contributed by atoms with Gasteiger partial charge in [-0.3, -0.25) is 4.79 Å². The number of rotatable bonds is 5. The summed E-state index contributed by atoms with van der Waals surface area (Å²) in [4.78, 5) is 12.1. The van der Waals surface area contributed by atoms with Crippen LogP contribution in [0.3, 0.4) is 0 Å². The molecule has 0 radical (unpaired) electrons. The maximum atomic E-state index is 13.8. The number of carbonyl (C=O) groups is 1. The SMILES string of the molecule is C#CCOc1c(F)cc(C(=O)NCC2CCCCC2C)cc1F. The molecule has 23 heavy (non-hydrogen) atoms. The highest BCUT2D eigenvalue weighted by Crippen LogP contribution is 2.29. The molecule has 0 saturated heterocycles. The molecule has 0 aliphatic heterocycles. The molecule has 1 fully saturated rings. The van der Waals surface area contributed by atoms with Gasteiger partial charge in [-0.05, 0) is 30.4 Å². The normalized spacial score (nSPS) is 20.6. The van der Waals surface area contributed by atoms with Gasteiger partial charge in [-0.25, -0.2) is 8.78 Å². The van der Waals surface area contributed by atoms with E-state index in [0.29, 0.717) is 18.4 Å². The summed E-state index contributed by atoms with van der Waals surface area (Å²) in [7, 11) is 0. The second-order valence-electron chi connectivity index (χ2n) is 5.99. The van der Waals surface area contributed by atoms with Crippen molar-refractivity contribution in [1.82, 2.24) is 5.32 Å². The van der Waals surface area contributed by atoms with Gasteiger partial charge >= 0.3 is 0 Å². The van der Waals surface area contributed by atoms with Crippen molar-refractivity contribution in [3.8, 4) is 18.1 Å². The molecule has 124 valence electrons. The third kappa shape index (κ3) is 4.44. The molecule has 1 saturated carbocycles. The van der Waals surface area contributed by atoms with Gasteiger partial charge in [-0.2, -0.15) is 0 Å². The smallest absolute Gasteiger partial charge is 0.251 e. The Labute approximate surface area is 135 Å². The molecular weight excluding hydrogens is 300 g/mol. The Bertz CT molecular complexity index is 587. The molecule has 1 aromatic rings. The van der Waals surface area contributed by atoms with Crippen molar-refractivity contribution in [3.63, 3.8) is 0 Å². The van der Waals surface area contributed by atoms with Crippen LogP contribution in [-0.2, 0) is 0 Å². The van der Waals surface area contributed by atoms with E-state index in [-0.39, 0.29) is 12.2 Å². The first kappa shape index (κ1) is 17.3. The van der Waals surface area contributed by atoms with E-state index in [9.17, 15) is 13.6 Å². The Hall–Kier alpha value is -2.09. The van der Waals surface area contributed by atoms with Crippen molar-refractivity contribution in [2.75, 3.05) is 13.2 Å². The van der Waals surface area contributed by atoms with E-state index in [2.05, 4.69) is 18.2 Å². The van der Waals surface area contributed by atoms with E-state index in [0.717, 1.165) is 31.4 Å². The lowest BCUT2D eigenvalue weighted by Crippen LogP contribution is -2.33. The van der Waals surface area contributed by atoms with Crippen molar-refractivity contribution in [3.05, 3.63) is 29.3 Å². The highest BCUT2D eigenvalue weighted by molar-refractivity contribution is 5.94. The average Bonchev–Trinajstić information content (AvgIpc) is 2.53. The lowest BCUT2D eigenvalue weighted by molar-refractivity contribution is 0.0935. The van der Waals surface area contributed by atoms with Crippen LogP contribution < -0.4 is 10.1 Å². The number of carbonyl (C=O) groups excluding carboxylic acids is 1. The number of benzene rings is 1. The van der Waals surface area contributed by atoms with Crippen molar-refractivity contribution in [2.24, 2.45) is 11.8 Å². The number of nitrogens with one attached hydrogen (secondary N) is 1. The molecule has 3 nitrogen and oxygen atoms in total.